The Labute approximate surface area is 199 Å². The lowest BCUT2D eigenvalue weighted by Gasteiger charge is -2.35. The van der Waals surface area contributed by atoms with Gasteiger partial charge >= 0.3 is 6.09 Å². The van der Waals surface area contributed by atoms with E-state index in [4.69, 9.17) is 20.2 Å². The number of nitrogens with zero attached hydrogens (tertiary/aromatic N) is 2. The second kappa shape index (κ2) is 10.7. The van der Waals surface area contributed by atoms with E-state index in [2.05, 4.69) is 5.32 Å². The van der Waals surface area contributed by atoms with Crippen LogP contribution in [0.2, 0.25) is 0 Å². The van der Waals surface area contributed by atoms with Crippen molar-refractivity contribution in [1.82, 2.24) is 5.32 Å². The number of fused-ring (bicyclic) bond motifs is 1. The molecule has 2 aliphatic heterocycles. The van der Waals surface area contributed by atoms with Crippen LogP contribution < -0.4 is 20.7 Å². The molecule has 1 amide bonds. The zero-order chi connectivity index (χ0) is 24.1. The molecule has 1 fully saturated rings. The minimum absolute atomic E-state index is 0.187. The number of nitrogens with two attached hydrogens (primary N) is 1. The van der Waals surface area contributed by atoms with Crippen molar-refractivity contribution in [2.45, 2.75) is 44.7 Å². The number of rotatable bonds is 5. The Hall–Kier alpha value is -3.39. The Morgan fingerprint density at radius 1 is 1.24 bits per heavy atom. The molecule has 8 heteroatoms. The molecule has 2 aromatic carbocycles. The summed E-state index contributed by atoms with van der Waals surface area (Å²) in [7, 11) is 1.30. The van der Waals surface area contributed by atoms with Crippen molar-refractivity contribution in [3.8, 4) is 11.5 Å². The van der Waals surface area contributed by atoms with Gasteiger partial charge in [-0.25, -0.2) is 9.18 Å². The highest BCUT2D eigenvalue weighted by Crippen LogP contribution is 2.44. The molecular formula is C26H31FN4O3. The first-order chi connectivity index (χ1) is 16.5. The largest absolute Gasteiger partial charge is 0.456 e. The van der Waals surface area contributed by atoms with E-state index in [9.17, 15) is 4.79 Å². The quantitative estimate of drug-likeness (QED) is 0.627. The van der Waals surface area contributed by atoms with Gasteiger partial charge in [0.15, 0.2) is 0 Å². The summed E-state index contributed by atoms with van der Waals surface area (Å²) in [4.78, 5) is 18.6. The standard InChI is InChI=1S/C26H31FN4O3/c1-17-8-9-21-24(31(17)26(32)33-2)23(27)14-22(25(21)34-20-6-4-3-5-7-20)18(15-28)16-30-19-10-12-29-13-11-19/h3-7,14-17,19,29H,8-13,28H2,1-2H3. The molecular weight excluding hydrogens is 435 g/mol. The summed E-state index contributed by atoms with van der Waals surface area (Å²) in [5, 5.41) is 3.32. The summed E-state index contributed by atoms with van der Waals surface area (Å²) in [6.45, 7) is 3.71. The van der Waals surface area contributed by atoms with E-state index in [-0.39, 0.29) is 17.8 Å². The van der Waals surface area contributed by atoms with Crippen LogP contribution in [-0.4, -0.2) is 44.6 Å². The number of halogens is 1. The molecule has 4 rings (SSSR count). The van der Waals surface area contributed by atoms with Gasteiger partial charge in [-0.1, -0.05) is 18.2 Å². The Morgan fingerprint density at radius 3 is 2.65 bits per heavy atom. The van der Waals surface area contributed by atoms with E-state index >= 15 is 4.39 Å². The van der Waals surface area contributed by atoms with E-state index in [1.807, 2.05) is 37.3 Å². The number of methoxy groups -OCH3 is 1. The van der Waals surface area contributed by atoms with Crippen LogP contribution in [0.5, 0.6) is 11.5 Å². The number of amides is 1. The average molecular weight is 467 g/mol. The third-order valence-electron chi connectivity index (χ3n) is 6.35. The van der Waals surface area contributed by atoms with Crippen molar-refractivity contribution in [2.24, 2.45) is 10.7 Å². The van der Waals surface area contributed by atoms with Crippen LogP contribution >= 0.6 is 0 Å². The number of anilines is 1. The van der Waals surface area contributed by atoms with Gasteiger partial charge in [-0.05, 0) is 63.9 Å². The van der Waals surface area contributed by atoms with Gasteiger partial charge in [0.1, 0.15) is 17.3 Å². The molecule has 1 saturated heterocycles. The fourth-order valence-corrected chi connectivity index (χ4v) is 4.52. The molecule has 34 heavy (non-hydrogen) atoms. The highest BCUT2D eigenvalue weighted by molar-refractivity contribution is 6.11. The zero-order valence-corrected chi connectivity index (χ0v) is 19.6. The summed E-state index contributed by atoms with van der Waals surface area (Å²) in [5.74, 6) is 0.543. The van der Waals surface area contributed by atoms with Crippen molar-refractivity contribution in [1.29, 1.82) is 0 Å². The van der Waals surface area contributed by atoms with Gasteiger partial charge in [-0.3, -0.25) is 9.89 Å². The molecule has 0 bridgehead atoms. The fraction of sp³-hybridized carbons (Fsp3) is 0.385. The van der Waals surface area contributed by atoms with Crippen LogP contribution in [-0.2, 0) is 11.2 Å². The number of benzene rings is 2. The smallest absolute Gasteiger partial charge is 0.414 e. The Bertz CT molecular complexity index is 1080. The van der Waals surface area contributed by atoms with E-state index in [1.54, 1.807) is 6.21 Å². The minimum Gasteiger partial charge on any atom is -0.456 e. The third kappa shape index (κ3) is 4.92. The maximum absolute atomic E-state index is 15.6. The molecule has 1 atom stereocenters. The number of piperidine rings is 1. The highest BCUT2D eigenvalue weighted by atomic mass is 19.1. The molecule has 0 aliphatic carbocycles. The SMILES string of the molecule is COC(=O)N1c2c(F)cc(C(C=NC3CCNCC3)=CN)c(Oc3ccccc3)c2CCC1C. The second-order valence-electron chi connectivity index (χ2n) is 8.59. The molecule has 3 N–H and O–H groups in total. The number of nitrogens with one attached hydrogen (secondary N) is 1. The summed E-state index contributed by atoms with van der Waals surface area (Å²) < 4.78 is 26.9. The predicted molar refractivity (Wildman–Crippen MR) is 132 cm³/mol. The van der Waals surface area contributed by atoms with E-state index in [0.29, 0.717) is 41.0 Å². The third-order valence-corrected chi connectivity index (χ3v) is 6.35. The van der Waals surface area contributed by atoms with E-state index in [1.165, 1.54) is 24.3 Å². The van der Waals surface area contributed by atoms with Crippen LogP contribution in [0, 0.1) is 5.82 Å². The number of carbonyl (C=O) groups is 1. The lowest BCUT2D eigenvalue weighted by molar-refractivity contribution is 0.175. The van der Waals surface area contributed by atoms with E-state index < -0.39 is 11.9 Å². The molecule has 0 saturated carbocycles. The fourth-order valence-electron chi connectivity index (χ4n) is 4.52. The number of aliphatic imine (C=N–C) groups is 1. The lowest BCUT2D eigenvalue weighted by atomic mass is 9.91. The van der Waals surface area contributed by atoms with Gasteiger partial charge in [0, 0.05) is 35.2 Å². The van der Waals surface area contributed by atoms with Gasteiger partial charge in [-0.15, -0.1) is 0 Å². The normalized spacial score (nSPS) is 19.2. The van der Waals surface area contributed by atoms with Crippen LogP contribution in [0.25, 0.3) is 5.57 Å². The molecule has 7 nitrogen and oxygen atoms in total. The maximum atomic E-state index is 15.6. The first-order valence-corrected chi connectivity index (χ1v) is 11.6. The number of para-hydroxylation sites is 1. The Morgan fingerprint density at radius 2 is 1.97 bits per heavy atom. The summed E-state index contributed by atoms with van der Waals surface area (Å²) in [6, 6.07) is 10.6. The van der Waals surface area contributed by atoms with Crippen molar-refractivity contribution in [2.75, 3.05) is 25.1 Å². The van der Waals surface area contributed by atoms with Crippen molar-refractivity contribution in [3.63, 3.8) is 0 Å². The van der Waals surface area contributed by atoms with Crippen LogP contribution in [0.4, 0.5) is 14.9 Å². The minimum atomic E-state index is -0.604. The van der Waals surface area contributed by atoms with Crippen molar-refractivity contribution in [3.05, 3.63) is 59.5 Å². The molecule has 180 valence electrons. The monoisotopic (exact) mass is 466 g/mol. The lowest BCUT2D eigenvalue weighted by Crippen LogP contribution is -2.42. The second-order valence-corrected chi connectivity index (χ2v) is 8.59. The first-order valence-electron chi connectivity index (χ1n) is 11.6. The molecule has 0 spiro atoms. The average Bonchev–Trinajstić information content (AvgIpc) is 2.87. The van der Waals surface area contributed by atoms with Gasteiger partial charge in [-0.2, -0.15) is 0 Å². The number of allylic oxidation sites excluding steroid dienone is 1. The Balaban J connectivity index is 1.83. The van der Waals surface area contributed by atoms with Crippen molar-refractivity contribution < 1.29 is 18.7 Å². The molecule has 1 unspecified atom stereocenters. The number of carbonyl (C=O) groups excluding carboxylic acids is 1. The molecule has 2 heterocycles. The molecule has 2 aromatic rings. The molecule has 0 aromatic heterocycles. The van der Waals surface area contributed by atoms with Crippen LogP contribution in [0.1, 0.15) is 37.3 Å². The maximum Gasteiger partial charge on any atom is 0.414 e. The van der Waals surface area contributed by atoms with Gasteiger partial charge < -0.3 is 20.5 Å². The summed E-state index contributed by atoms with van der Waals surface area (Å²) in [5.41, 5.74) is 7.86. The van der Waals surface area contributed by atoms with Crippen LogP contribution in [0.15, 0.2) is 47.6 Å². The summed E-state index contributed by atoms with van der Waals surface area (Å²) >= 11 is 0. The predicted octanol–water partition coefficient (Wildman–Crippen LogP) is 4.65. The van der Waals surface area contributed by atoms with Gasteiger partial charge in [0.05, 0.1) is 18.8 Å². The van der Waals surface area contributed by atoms with Crippen LogP contribution in [0.3, 0.4) is 0 Å². The van der Waals surface area contributed by atoms with Gasteiger partial charge in [0.2, 0.25) is 0 Å². The molecule has 2 aliphatic rings. The van der Waals surface area contributed by atoms with Crippen molar-refractivity contribution >= 4 is 23.6 Å². The zero-order valence-electron chi connectivity index (χ0n) is 19.6. The Kier molecular flexibility index (Phi) is 7.47. The first kappa shape index (κ1) is 23.8. The highest BCUT2D eigenvalue weighted by Gasteiger charge is 2.35. The number of hydrogen-bond acceptors (Lipinski definition) is 6. The molecule has 0 radical (unpaired) electrons. The number of ether oxygens (including phenoxy) is 2. The number of hydrogen-bond donors (Lipinski definition) is 2. The van der Waals surface area contributed by atoms with E-state index in [0.717, 1.165) is 25.9 Å². The summed E-state index contributed by atoms with van der Waals surface area (Å²) in [6.07, 6.45) is 5.58. The topological polar surface area (TPSA) is 89.2 Å². The van der Waals surface area contributed by atoms with Gasteiger partial charge in [0.25, 0.3) is 0 Å².